The predicted octanol–water partition coefficient (Wildman–Crippen LogP) is 3.24. The quantitative estimate of drug-likeness (QED) is 0.706. The predicted molar refractivity (Wildman–Crippen MR) is 107 cm³/mol. The van der Waals surface area contributed by atoms with Gasteiger partial charge >= 0.3 is 0 Å². The van der Waals surface area contributed by atoms with Crippen LogP contribution in [0, 0.1) is 5.41 Å². The summed E-state index contributed by atoms with van der Waals surface area (Å²) in [6.07, 6.45) is 6.04. The number of para-hydroxylation sites is 1. The van der Waals surface area contributed by atoms with Crippen LogP contribution in [0.5, 0.6) is 5.75 Å². The fourth-order valence-corrected chi connectivity index (χ4v) is 4.19. The van der Waals surface area contributed by atoms with Crippen LogP contribution in [0.3, 0.4) is 0 Å². The van der Waals surface area contributed by atoms with Gasteiger partial charge in [-0.3, -0.25) is 9.78 Å². The SMILES string of the molecule is O=C(CSc1ccncc1)N1CCC[C@](CO)(CCOc2ccccc2)C1. The zero-order valence-electron chi connectivity index (χ0n) is 15.4. The first-order chi connectivity index (χ1) is 13.2. The molecule has 0 unspecified atom stereocenters. The van der Waals surface area contributed by atoms with Crippen molar-refractivity contribution in [3.8, 4) is 5.75 Å². The number of aromatic nitrogens is 1. The monoisotopic (exact) mass is 386 g/mol. The second-order valence-corrected chi connectivity index (χ2v) is 8.01. The standard InChI is InChI=1S/C21H26N2O3S/c24-17-21(10-14-26-18-5-2-1-3-6-18)9-4-13-23(16-21)20(25)15-27-19-7-11-22-12-8-19/h1-3,5-8,11-12,24H,4,9-10,13-17H2/t21-/m0/s1. The van der Waals surface area contributed by atoms with Crippen molar-refractivity contribution in [1.82, 2.24) is 9.88 Å². The summed E-state index contributed by atoms with van der Waals surface area (Å²) < 4.78 is 5.81. The lowest BCUT2D eigenvalue weighted by Crippen LogP contribution is -2.49. The number of piperidine rings is 1. The van der Waals surface area contributed by atoms with Gasteiger partial charge in [-0.1, -0.05) is 18.2 Å². The molecule has 1 saturated heterocycles. The normalized spacial score (nSPS) is 19.7. The number of carbonyl (C=O) groups excluding carboxylic acids is 1. The highest BCUT2D eigenvalue weighted by molar-refractivity contribution is 8.00. The molecule has 0 aliphatic carbocycles. The van der Waals surface area contributed by atoms with E-state index < -0.39 is 0 Å². The number of aliphatic hydroxyl groups is 1. The molecule has 1 fully saturated rings. The van der Waals surface area contributed by atoms with Gasteiger partial charge in [0.05, 0.1) is 19.0 Å². The minimum absolute atomic E-state index is 0.0758. The average Bonchev–Trinajstić information content (AvgIpc) is 2.74. The van der Waals surface area contributed by atoms with E-state index in [4.69, 9.17) is 4.74 Å². The topological polar surface area (TPSA) is 62.7 Å². The Morgan fingerprint density at radius 3 is 2.74 bits per heavy atom. The zero-order chi connectivity index (χ0) is 19.0. The van der Waals surface area contributed by atoms with Gasteiger partial charge in [-0.15, -0.1) is 11.8 Å². The van der Waals surface area contributed by atoms with Gasteiger partial charge < -0.3 is 14.7 Å². The van der Waals surface area contributed by atoms with Crippen LogP contribution >= 0.6 is 11.8 Å². The Hall–Kier alpha value is -2.05. The summed E-state index contributed by atoms with van der Waals surface area (Å²) in [5.74, 6) is 1.37. The number of nitrogens with zero attached hydrogens (tertiary/aromatic N) is 2. The van der Waals surface area contributed by atoms with Crippen molar-refractivity contribution in [3.05, 3.63) is 54.9 Å². The number of hydrogen-bond acceptors (Lipinski definition) is 5. The fraction of sp³-hybridized carbons (Fsp3) is 0.429. The van der Waals surface area contributed by atoms with Crippen LogP contribution in [0.4, 0.5) is 0 Å². The maximum absolute atomic E-state index is 12.6. The summed E-state index contributed by atoms with van der Waals surface area (Å²) in [5.41, 5.74) is -0.274. The van der Waals surface area contributed by atoms with Gasteiger partial charge in [0.25, 0.3) is 0 Å². The number of aliphatic hydroxyl groups excluding tert-OH is 1. The number of rotatable bonds is 8. The van der Waals surface area contributed by atoms with E-state index >= 15 is 0 Å². The van der Waals surface area contributed by atoms with Gasteiger partial charge in [0, 0.05) is 35.8 Å². The number of carbonyl (C=O) groups is 1. The Morgan fingerprint density at radius 2 is 2.00 bits per heavy atom. The van der Waals surface area contributed by atoms with Crippen molar-refractivity contribution in [3.63, 3.8) is 0 Å². The van der Waals surface area contributed by atoms with E-state index in [2.05, 4.69) is 4.98 Å². The van der Waals surface area contributed by atoms with Crippen molar-refractivity contribution in [2.45, 2.75) is 24.2 Å². The summed E-state index contributed by atoms with van der Waals surface area (Å²) >= 11 is 1.53. The molecule has 0 radical (unpaired) electrons. The third kappa shape index (κ3) is 5.71. The van der Waals surface area contributed by atoms with Crippen molar-refractivity contribution < 1.29 is 14.6 Å². The number of amides is 1. The molecule has 2 aromatic rings. The lowest BCUT2D eigenvalue weighted by molar-refractivity contribution is -0.133. The maximum atomic E-state index is 12.6. The molecule has 27 heavy (non-hydrogen) atoms. The Morgan fingerprint density at radius 1 is 1.22 bits per heavy atom. The van der Waals surface area contributed by atoms with E-state index in [-0.39, 0.29) is 17.9 Å². The molecular weight excluding hydrogens is 360 g/mol. The van der Waals surface area contributed by atoms with Crippen LogP contribution in [-0.2, 0) is 4.79 Å². The van der Waals surface area contributed by atoms with Crippen molar-refractivity contribution in [2.24, 2.45) is 5.41 Å². The van der Waals surface area contributed by atoms with Gasteiger partial charge in [-0.2, -0.15) is 0 Å². The number of likely N-dealkylation sites (tertiary alicyclic amines) is 1. The molecule has 144 valence electrons. The Bertz CT molecular complexity index is 714. The fourth-order valence-electron chi connectivity index (χ4n) is 3.41. The van der Waals surface area contributed by atoms with Gasteiger partial charge in [0.2, 0.25) is 5.91 Å². The summed E-state index contributed by atoms with van der Waals surface area (Å²) in [4.78, 5) is 19.6. The Kier molecular flexibility index (Phi) is 7.12. The molecule has 2 heterocycles. The third-order valence-corrected chi connectivity index (χ3v) is 6.00. The van der Waals surface area contributed by atoms with Gasteiger partial charge in [-0.05, 0) is 43.5 Å². The molecular formula is C21H26N2O3S. The van der Waals surface area contributed by atoms with E-state index in [1.54, 1.807) is 12.4 Å². The van der Waals surface area contributed by atoms with E-state index in [0.717, 1.165) is 36.5 Å². The van der Waals surface area contributed by atoms with E-state index in [1.807, 2.05) is 47.4 Å². The third-order valence-electron chi connectivity index (χ3n) is 5.01. The van der Waals surface area contributed by atoms with Gasteiger partial charge in [0.1, 0.15) is 5.75 Å². The van der Waals surface area contributed by atoms with Crippen molar-refractivity contribution in [2.75, 3.05) is 32.1 Å². The summed E-state index contributed by atoms with van der Waals surface area (Å²) in [5, 5.41) is 10.0. The molecule has 1 amide bonds. The van der Waals surface area contributed by atoms with Crippen molar-refractivity contribution in [1.29, 1.82) is 0 Å². The first-order valence-electron chi connectivity index (χ1n) is 9.30. The molecule has 1 aromatic carbocycles. The number of pyridine rings is 1. The largest absolute Gasteiger partial charge is 0.494 e. The van der Waals surface area contributed by atoms with Gasteiger partial charge in [-0.25, -0.2) is 0 Å². The molecule has 1 aliphatic heterocycles. The van der Waals surface area contributed by atoms with Crippen LogP contribution in [0.2, 0.25) is 0 Å². The first-order valence-corrected chi connectivity index (χ1v) is 10.3. The van der Waals surface area contributed by atoms with Gasteiger partial charge in [0.15, 0.2) is 0 Å². The summed E-state index contributed by atoms with van der Waals surface area (Å²) in [6.45, 7) is 1.97. The van der Waals surface area contributed by atoms with E-state index in [1.165, 1.54) is 11.8 Å². The van der Waals surface area contributed by atoms with E-state index in [9.17, 15) is 9.90 Å². The maximum Gasteiger partial charge on any atom is 0.232 e. The number of ether oxygens (including phenoxy) is 1. The second kappa shape index (κ2) is 9.76. The first kappa shape index (κ1) is 19.7. The highest BCUT2D eigenvalue weighted by Crippen LogP contribution is 2.34. The molecule has 5 nitrogen and oxygen atoms in total. The number of hydrogen-bond donors (Lipinski definition) is 1. The summed E-state index contributed by atoms with van der Waals surface area (Å²) in [6, 6.07) is 13.5. The molecule has 1 N–H and O–H groups in total. The molecule has 0 spiro atoms. The van der Waals surface area contributed by atoms with Crippen LogP contribution in [0.15, 0.2) is 59.8 Å². The van der Waals surface area contributed by atoms with Crippen LogP contribution in [0.1, 0.15) is 19.3 Å². The Labute approximate surface area is 164 Å². The lowest BCUT2D eigenvalue weighted by Gasteiger charge is -2.41. The van der Waals surface area contributed by atoms with Crippen LogP contribution in [0.25, 0.3) is 0 Å². The number of benzene rings is 1. The smallest absolute Gasteiger partial charge is 0.232 e. The second-order valence-electron chi connectivity index (χ2n) is 6.96. The summed E-state index contributed by atoms with van der Waals surface area (Å²) in [7, 11) is 0. The average molecular weight is 387 g/mol. The number of thioether (sulfide) groups is 1. The molecule has 0 saturated carbocycles. The minimum atomic E-state index is -0.274. The molecule has 1 atom stereocenters. The molecule has 3 rings (SSSR count). The molecule has 0 bridgehead atoms. The highest BCUT2D eigenvalue weighted by Gasteiger charge is 2.36. The molecule has 1 aromatic heterocycles. The zero-order valence-corrected chi connectivity index (χ0v) is 16.2. The minimum Gasteiger partial charge on any atom is -0.494 e. The van der Waals surface area contributed by atoms with Crippen LogP contribution in [-0.4, -0.2) is 53.0 Å². The van der Waals surface area contributed by atoms with Crippen molar-refractivity contribution >= 4 is 17.7 Å². The lowest BCUT2D eigenvalue weighted by atomic mass is 9.78. The van der Waals surface area contributed by atoms with E-state index in [0.29, 0.717) is 18.9 Å². The highest BCUT2D eigenvalue weighted by atomic mass is 32.2. The molecule has 6 heteroatoms. The molecule has 1 aliphatic rings. The van der Waals surface area contributed by atoms with Crippen LogP contribution < -0.4 is 4.74 Å². The Balaban J connectivity index is 1.51.